The average molecular weight is 272 g/mol. The van der Waals surface area contributed by atoms with Gasteiger partial charge in [-0.05, 0) is 19.1 Å². The summed E-state index contributed by atoms with van der Waals surface area (Å²) in [6.07, 6.45) is -1.20. The number of Topliss-reactive ketones (excluding diaryl/α,β-unsaturated/α-hetero) is 1. The van der Waals surface area contributed by atoms with Crippen molar-refractivity contribution in [1.82, 2.24) is 0 Å². The number of anilines is 1. The fourth-order valence-electron chi connectivity index (χ4n) is 1.40. The van der Waals surface area contributed by atoms with Gasteiger partial charge in [-0.15, -0.1) is 0 Å². The fourth-order valence-corrected chi connectivity index (χ4v) is 1.60. The molecule has 0 saturated carbocycles. The van der Waals surface area contributed by atoms with Crippen LogP contribution < -0.4 is 9.16 Å². The second kappa shape index (κ2) is 6.37. The number of ether oxygens (including phenoxy) is 2. The molecule has 1 amide bonds. The molecule has 0 fully saturated rings. The lowest BCUT2D eigenvalue weighted by Gasteiger charge is -2.19. The van der Waals surface area contributed by atoms with E-state index in [1.54, 1.807) is 24.3 Å². The Balaban J connectivity index is 2.94. The highest BCUT2D eigenvalue weighted by molar-refractivity contribution is 6.38. The Kier molecular flexibility index (Phi) is 5.12. The van der Waals surface area contributed by atoms with Gasteiger partial charge in [0.15, 0.2) is 11.9 Å². The second-order valence-electron chi connectivity index (χ2n) is 3.55. The highest BCUT2D eigenvalue weighted by atomic mass is 35.5. The van der Waals surface area contributed by atoms with Crippen LogP contribution in [0.1, 0.15) is 6.92 Å². The molecule has 0 bridgehead atoms. The van der Waals surface area contributed by atoms with Gasteiger partial charge in [0, 0.05) is 25.0 Å². The summed E-state index contributed by atoms with van der Waals surface area (Å²) in [5, 5.41) is 0. The molecule has 0 heterocycles. The van der Waals surface area contributed by atoms with Crippen molar-refractivity contribution in [3.05, 3.63) is 24.3 Å². The highest BCUT2D eigenvalue weighted by Gasteiger charge is 2.28. The maximum Gasteiger partial charge on any atom is 0.278 e. The molecule has 0 saturated heterocycles. The molecule has 1 unspecified atom stereocenters. The van der Waals surface area contributed by atoms with Crippen molar-refractivity contribution in [3.63, 3.8) is 0 Å². The first kappa shape index (κ1) is 14.5. The van der Waals surface area contributed by atoms with Gasteiger partial charge < -0.3 is 9.47 Å². The van der Waals surface area contributed by atoms with Gasteiger partial charge in [0.1, 0.15) is 5.75 Å². The lowest BCUT2D eigenvalue weighted by molar-refractivity contribution is -0.138. The minimum absolute atomic E-state index is 0.406. The fraction of sp³-hybridized carbons (Fsp3) is 0.333. The molecule has 1 atom stereocenters. The Hall–Kier alpha value is -1.59. The molecule has 1 aromatic carbocycles. The lowest BCUT2D eigenvalue weighted by atomic mass is 10.2. The van der Waals surface area contributed by atoms with Crippen LogP contribution in [0.3, 0.4) is 0 Å². The molecule has 18 heavy (non-hydrogen) atoms. The summed E-state index contributed by atoms with van der Waals surface area (Å²) < 4.78 is 10.7. The number of rotatable bonds is 5. The van der Waals surface area contributed by atoms with Crippen molar-refractivity contribution in [3.8, 4) is 5.75 Å². The molecule has 98 valence electrons. The largest absolute Gasteiger partial charge is 0.497 e. The normalized spacial score (nSPS) is 11.8. The van der Waals surface area contributed by atoms with E-state index in [1.165, 1.54) is 21.1 Å². The minimum atomic E-state index is -1.20. The van der Waals surface area contributed by atoms with Crippen molar-refractivity contribution in [2.24, 2.45) is 0 Å². The summed E-state index contributed by atoms with van der Waals surface area (Å²) in [6, 6.07) is 6.61. The van der Waals surface area contributed by atoms with Gasteiger partial charge in [-0.25, -0.2) is 4.42 Å². The number of hydrogen-bond acceptors (Lipinski definition) is 4. The van der Waals surface area contributed by atoms with E-state index in [0.29, 0.717) is 11.4 Å². The molecular weight excluding hydrogens is 258 g/mol. The third-order valence-electron chi connectivity index (χ3n) is 2.30. The Morgan fingerprint density at radius 2 is 2.00 bits per heavy atom. The quantitative estimate of drug-likeness (QED) is 0.605. The molecular formula is C12H14ClNO4. The van der Waals surface area contributed by atoms with E-state index in [2.05, 4.69) is 0 Å². The Morgan fingerprint density at radius 1 is 1.33 bits per heavy atom. The topological polar surface area (TPSA) is 55.8 Å². The Labute approximate surface area is 110 Å². The number of carbonyl (C=O) groups is 2. The second-order valence-corrected chi connectivity index (χ2v) is 3.89. The van der Waals surface area contributed by atoms with Crippen LogP contribution in [0.4, 0.5) is 5.69 Å². The summed E-state index contributed by atoms with van der Waals surface area (Å²) in [6.45, 7) is 1.27. The maximum atomic E-state index is 11.9. The molecule has 0 aliphatic rings. The minimum Gasteiger partial charge on any atom is -0.497 e. The predicted molar refractivity (Wildman–Crippen MR) is 67.8 cm³/mol. The van der Waals surface area contributed by atoms with Gasteiger partial charge in [-0.1, -0.05) is 6.07 Å². The highest BCUT2D eigenvalue weighted by Crippen LogP contribution is 2.23. The van der Waals surface area contributed by atoms with E-state index in [-0.39, 0.29) is 0 Å². The average Bonchev–Trinajstić information content (AvgIpc) is 2.38. The molecule has 0 radical (unpaired) electrons. The van der Waals surface area contributed by atoms with E-state index in [4.69, 9.17) is 21.3 Å². The van der Waals surface area contributed by atoms with Crippen molar-refractivity contribution in [2.45, 2.75) is 13.0 Å². The predicted octanol–water partition coefficient (Wildman–Crippen LogP) is 1.79. The molecule has 1 rings (SSSR count). The van der Waals surface area contributed by atoms with E-state index in [1.807, 2.05) is 0 Å². The van der Waals surface area contributed by atoms with Crippen molar-refractivity contribution < 1.29 is 19.1 Å². The van der Waals surface area contributed by atoms with Crippen LogP contribution in [-0.4, -0.2) is 32.0 Å². The summed E-state index contributed by atoms with van der Waals surface area (Å²) in [5.74, 6) is -0.487. The molecule has 0 spiro atoms. The Morgan fingerprint density at radius 3 is 2.50 bits per heavy atom. The van der Waals surface area contributed by atoms with Crippen LogP contribution in [-0.2, 0) is 14.3 Å². The first-order valence-electron chi connectivity index (χ1n) is 5.18. The third kappa shape index (κ3) is 3.21. The van der Waals surface area contributed by atoms with Gasteiger partial charge in [0.05, 0.1) is 12.8 Å². The molecule has 0 N–H and O–H groups in total. The van der Waals surface area contributed by atoms with Gasteiger partial charge in [0.2, 0.25) is 0 Å². The smallest absolute Gasteiger partial charge is 0.278 e. The number of amides is 1. The van der Waals surface area contributed by atoms with E-state index < -0.39 is 17.8 Å². The van der Waals surface area contributed by atoms with Crippen LogP contribution in [0.5, 0.6) is 5.75 Å². The first-order valence-corrected chi connectivity index (χ1v) is 5.52. The molecule has 1 aromatic rings. The number of carbonyl (C=O) groups excluding carboxylic acids is 2. The van der Waals surface area contributed by atoms with Gasteiger partial charge in [-0.3, -0.25) is 9.59 Å². The van der Waals surface area contributed by atoms with Gasteiger partial charge in [-0.2, -0.15) is 0 Å². The van der Waals surface area contributed by atoms with Crippen LogP contribution in [0.2, 0.25) is 0 Å². The zero-order chi connectivity index (χ0) is 13.7. The zero-order valence-corrected chi connectivity index (χ0v) is 11.1. The van der Waals surface area contributed by atoms with Crippen molar-refractivity contribution >= 4 is 29.2 Å². The van der Waals surface area contributed by atoms with E-state index in [0.717, 1.165) is 4.42 Å². The summed E-state index contributed by atoms with van der Waals surface area (Å²) in [4.78, 5) is 23.1. The third-order valence-corrected chi connectivity index (χ3v) is 2.66. The summed E-state index contributed by atoms with van der Waals surface area (Å²) in [7, 11) is 2.79. The van der Waals surface area contributed by atoms with Crippen LogP contribution >= 0.6 is 11.8 Å². The standard InChI is InChI=1S/C12H14ClNO4/c1-8(15)11(18-3)12(16)14(13)9-5-4-6-10(7-9)17-2/h4-7,11H,1-3H3. The monoisotopic (exact) mass is 271 g/mol. The maximum absolute atomic E-state index is 11.9. The van der Waals surface area contributed by atoms with Crippen LogP contribution in [0, 0.1) is 0 Å². The number of benzene rings is 1. The number of halogens is 1. The molecule has 5 nitrogen and oxygen atoms in total. The Bertz CT molecular complexity index is 449. The molecule has 0 aliphatic carbocycles. The number of hydrogen-bond donors (Lipinski definition) is 0. The van der Waals surface area contributed by atoms with Crippen molar-refractivity contribution in [2.75, 3.05) is 18.6 Å². The number of methoxy groups -OCH3 is 2. The SMILES string of the molecule is COc1cccc(N(Cl)C(=O)C(OC)C(C)=O)c1. The molecule has 0 aliphatic heterocycles. The van der Waals surface area contributed by atoms with Gasteiger partial charge in [0.25, 0.3) is 5.91 Å². The zero-order valence-electron chi connectivity index (χ0n) is 10.3. The van der Waals surface area contributed by atoms with E-state index in [9.17, 15) is 9.59 Å². The van der Waals surface area contributed by atoms with E-state index >= 15 is 0 Å². The summed E-state index contributed by atoms with van der Waals surface area (Å²) in [5.41, 5.74) is 0.407. The number of nitrogens with zero attached hydrogens (tertiary/aromatic N) is 1. The van der Waals surface area contributed by atoms with Crippen molar-refractivity contribution in [1.29, 1.82) is 0 Å². The molecule has 6 heteroatoms. The van der Waals surface area contributed by atoms with Crippen LogP contribution in [0.25, 0.3) is 0 Å². The summed E-state index contributed by atoms with van der Waals surface area (Å²) >= 11 is 5.90. The number of ketones is 1. The van der Waals surface area contributed by atoms with Crippen LogP contribution in [0.15, 0.2) is 24.3 Å². The molecule has 0 aromatic heterocycles. The van der Waals surface area contributed by atoms with Gasteiger partial charge >= 0.3 is 0 Å². The first-order chi connectivity index (χ1) is 8.51. The lowest BCUT2D eigenvalue weighted by Crippen LogP contribution is -2.39.